The molecule has 0 saturated heterocycles. The van der Waals surface area contributed by atoms with Crippen LogP contribution >= 0.6 is 0 Å². The van der Waals surface area contributed by atoms with Crippen LogP contribution in [0.5, 0.6) is 0 Å². The third-order valence-electron chi connectivity index (χ3n) is 4.39. The first-order valence-corrected chi connectivity index (χ1v) is 8.18. The molecule has 0 radical (unpaired) electrons. The van der Waals surface area contributed by atoms with Gasteiger partial charge in [0.1, 0.15) is 0 Å². The topological polar surface area (TPSA) is 136 Å². The molecular weight excluding hydrogens is 330 g/mol. The van der Waals surface area contributed by atoms with E-state index in [1.807, 2.05) is 5.48 Å². The van der Waals surface area contributed by atoms with Gasteiger partial charge in [0.25, 0.3) is 17.7 Å². The predicted molar refractivity (Wildman–Crippen MR) is 84.0 cm³/mol. The molecule has 1 fully saturated rings. The van der Waals surface area contributed by atoms with E-state index in [0.717, 1.165) is 0 Å². The highest BCUT2D eigenvalue weighted by molar-refractivity contribution is 6.12. The number of carbonyl (C=O) groups is 5. The van der Waals surface area contributed by atoms with E-state index in [4.69, 9.17) is 10.6 Å². The molecule has 2 aliphatic rings. The van der Waals surface area contributed by atoms with Crippen LogP contribution in [-0.4, -0.2) is 41.0 Å². The largest absolute Gasteiger partial charge is 0.370 e. The molecule has 1 saturated carbocycles. The quantitative estimate of drug-likeness (QED) is 0.492. The molecule has 0 unspecified atom stereocenters. The predicted octanol–water partition coefficient (Wildman–Crippen LogP) is -0.442. The fourth-order valence-corrected chi connectivity index (χ4v) is 2.93. The van der Waals surface area contributed by atoms with Gasteiger partial charge in [0.05, 0.1) is 5.92 Å². The first-order chi connectivity index (χ1) is 11.9. The second-order valence-electron chi connectivity index (χ2n) is 6.25. The van der Waals surface area contributed by atoms with Crippen LogP contribution in [0.15, 0.2) is 12.2 Å². The van der Waals surface area contributed by atoms with Crippen molar-refractivity contribution in [2.75, 3.05) is 6.54 Å². The van der Waals surface area contributed by atoms with Crippen molar-refractivity contribution in [1.82, 2.24) is 10.4 Å². The molecule has 0 bridgehead atoms. The Balaban J connectivity index is 1.68. The monoisotopic (exact) mass is 351 g/mol. The van der Waals surface area contributed by atoms with Gasteiger partial charge in [0, 0.05) is 31.5 Å². The van der Waals surface area contributed by atoms with E-state index < -0.39 is 17.8 Å². The number of nitrogens with zero attached hydrogens (tertiary/aromatic N) is 1. The summed E-state index contributed by atoms with van der Waals surface area (Å²) in [5, 5.41) is 0. The van der Waals surface area contributed by atoms with Crippen molar-refractivity contribution in [2.45, 2.75) is 38.5 Å². The van der Waals surface area contributed by atoms with E-state index >= 15 is 0 Å². The molecule has 136 valence electrons. The Morgan fingerprint density at radius 1 is 1.08 bits per heavy atom. The first-order valence-electron chi connectivity index (χ1n) is 8.18. The number of nitrogens with one attached hydrogen (secondary N) is 1. The molecule has 2 rings (SSSR count). The van der Waals surface area contributed by atoms with Crippen LogP contribution in [0.1, 0.15) is 38.5 Å². The van der Waals surface area contributed by atoms with Gasteiger partial charge in [-0.2, -0.15) is 5.48 Å². The average molecular weight is 351 g/mol. The standard InChI is InChI=1S/C16H21N3O6/c17-12(20)5-6-13(21)18-25-16(24)11-3-1-10(2-4-11)9-19-14(22)7-8-15(19)23/h7-8,10-11H,1-6,9H2,(H2,17,20)(H,18,21). The van der Waals surface area contributed by atoms with E-state index in [2.05, 4.69) is 0 Å². The number of imide groups is 1. The van der Waals surface area contributed by atoms with Crippen molar-refractivity contribution < 1.29 is 28.8 Å². The van der Waals surface area contributed by atoms with Gasteiger partial charge in [-0.1, -0.05) is 0 Å². The van der Waals surface area contributed by atoms with E-state index in [1.165, 1.54) is 17.1 Å². The Hall–Kier alpha value is -2.71. The number of amides is 4. The van der Waals surface area contributed by atoms with Gasteiger partial charge < -0.3 is 10.6 Å². The third kappa shape index (κ3) is 5.40. The summed E-state index contributed by atoms with van der Waals surface area (Å²) in [4.78, 5) is 62.9. The Bertz CT molecular complexity index is 589. The van der Waals surface area contributed by atoms with Crippen molar-refractivity contribution in [2.24, 2.45) is 17.6 Å². The summed E-state index contributed by atoms with van der Waals surface area (Å²) in [5.41, 5.74) is 6.94. The molecule has 0 atom stereocenters. The van der Waals surface area contributed by atoms with Gasteiger partial charge in [-0.15, -0.1) is 0 Å². The Labute approximate surface area is 144 Å². The van der Waals surface area contributed by atoms with Crippen molar-refractivity contribution in [3.63, 3.8) is 0 Å². The highest BCUT2D eigenvalue weighted by Gasteiger charge is 2.32. The van der Waals surface area contributed by atoms with Gasteiger partial charge in [-0.3, -0.25) is 24.1 Å². The van der Waals surface area contributed by atoms with Gasteiger partial charge in [0.2, 0.25) is 5.91 Å². The molecule has 4 amide bonds. The van der Waals surface area contributed by atoms with E-state index in [-0.39, 0.29) is 36.5 Å². The fourth-order valence-electron chi connectivity index (χ4n) is 2.93. The lowest BCUT2D eigenvalue weighted by molar-refractivity contribution is -0.163. The smallest absolute Gasteiger partial charge is 0.335 e. The molecule has 0 spiro atoms. The first kappa shape index (κ1) is 18.6. The zero-order valence-electron chi connectivity index (χ0n) is 13.7. The lowest BCUT2D eigenvalue weighted by Gasteiger charge is -2.29. The summed E-state index contributed by atoms with van der Waals surface area (Å²) in [6.07, 6.45) is 4.75. The Morgan fingerprint density at radius 3 is 2.24 bits per heavy atom. The van der Waals surface area contributed by atoms with Crippen LogP contribution < -0.4 is 11.2 Å². The van der Waals surface area contributed by atoms with Crippen LogP contribution in [0.4, 0.5) is 0 Å². The molecule has 9 heteroatoms. The summed E-state index contributed by atoms with van der Waals surface area (Å²) >= 11 is 0. The molecule has 0 aromatic rings. The van der Waals surface area contributed by atoms with Gasteiger partial charge >= 0.3 is 5.97 Å². The molecule has 1 aliphatic carbocycles. The number of hydrogen-bond acceptors (Lipinski definition) is 6. The molecule has 25 heavy (non-hydrogen) atoms. The summed E-state index contributed by atoms with van der Waals surface area (Å²) < 4.78 is 0. The SMILES string of the molecule is NC(=O)CCC(=O)NOC(=O)C1CCC(CN2C(=O)C=CC2=O)CC1. The number of nitrogens with two attached hydrogens (primary N) is 1. The summed E-state index contributed by atoms with van der Waals surface area (Å²) in [7, 11) is 0. The number of primary amides is 1. The van der Waals surface area contributed by atoms with Gasteiger partial charge in [0.15, 0.2) is 0 Å². The van der Waals surface area contributed by atoms with Gasteiger partial charge in [-0.25, -0.2) is 4.79 Å². The lowest BCUT2D eigenvalue weighted by atomic mass is 9.82. The van der Waals surface area contributed by atoms with Gasteiger partial charge in [-0.05, 0) is 31.6 Å². The molecule has 1 heterocycles. The Morgan fingerprint density at radius 2 is 1.68 bits per heavy atom. The highest BCUT2D eigenvalue weighted by atomic mass is 16.7. The second kappa shape index (κ2) is 8.41. The summed E-state index contributed by atoms with van der Waals surface area (Å²) in [6, 6.07) is 0. The molecule has 9 nitrogen and oxygen atoms in total. The maximum atomic E-state index is 11.9. The Kier molecular flexibility index (Phi) is 6.26. The molecule has 3 N–H and O–H groups in total. The van der Waals surface area contributed by atoms with E-state index in [9.17, 15) is 24.0 Å². The number of carbonyl (C=O) groups excluding carboxylic acids is 5. The van der Waals surface area contributed by atoms with Crippen molar-refractivity contribution >= 4 is 29.6 Å². The minimum absolute atomic E-state index is 0.114. The van der Waals surface area contributed by atoms with Crippen molar-refractivity contribution in [1.29, 1.82) is 0 Å². The molecule has 1 aliphatic heterocycles. The van der Waals surface area contributed by atoms with E-state index in [1.54, 1.807) is 0 Å². The van der Waals surface area contributed by atoms with Crippen LogP contribution in [0.25, 0.3) is 0 Å². The minimum atomic E-state index is -0.607. The number of hydroxylamine groups is 1. The van der Waals surface area contributed by atoms with E-state index in [0.29, 0.717) is 32.2 Å². The van der Waals surface area contributed by atoms with Crippen LogP contribution in [0.3, 0.4) is 0 Å². The zero-order valence-corrected chi connectivity index (χ0v) is 13.7. The average Bonchev–Trinajstić information content (AvgIpc) is 2.90. The maximum absolute atomic E-state index is 11.9. The zero-order chi connectivity index (χ0) is 18.4. The fraction of sp³-hybridized carbons (Fsp3) is 0.562. The van der Waals surface area contributed by atoms with Crippen LogP contribution in [0, 0.1) is 11.8 Å². The minimum Gasteiger partial charge on any atom is -0.370 e. The number of rotatable bonds is 6. The third-order valence-corrected chi connectivity index (χ3v) is 4.39. The van der Waals surface area contributed by atoms with Crippen LogP contribution in [-0.2, 0) is 28.8 Å². The molecule has 0 aromatic carbocycles. The second-order valence-corrected chi connectivity index (χ2v) is 6.25. The summed E-state index contributed by atoms with van der Waals surface area (Å²) in [6.45, 7) is 0.357. The normalized spacial score (nSPS) is 22.8. The molecular formula is C16H21N3O6. The molecule has 0 aromatic heterocycles. The highest BCUT2D eigenvalue weighted by Crippen LogP contribution is 2.30. The number of hydrogen-bond donors (Lipinski definition) is 2. The van der Waals surface area contributed by atoms with Crippen molar-refractivity contribution in [3.05, 3.63) is 12.2 Å². The van der Waals surface area contributed by atoms with Crippen molar-refractivity contribution in [3.8, 4) is 0 Å². The maximum Gasteiger partial charge on any atom is 0.335 e. The summed E-state index contributed by atoms with van der Waals surface area (Å²) in [5.74, 6) is -2.50. The van der Waals surface area contributed by atoms with Crippen LogP contribution in [0.2, 0.25) is 0 Å². The lowest BCUT2D eigenvalue weighted by Crippen LogP contribution is -2.37.